The van der Waals surface area contributed by atoms with Crippen LogP contribution in [0.4, 0.5) is 0 Å². The third-order valence-electron chi connectivity index (χ3n) is 5.15. The zero-order valence-corrected chi connectivity index (χ0v) is 18.7. The Labute approximate surface area is 176 Å². The number of amidine groups is 1. The van der Waals surface area contributed by atoms with Gasteiger partial charge in [-0.15, -0.1) is 0 Å². The molecule has 1 saturated carbocycles. The molecule has 0 amide bonds. The number of aliphatic imine (C=N–C) groups is 1. The van der Waals surface area contributed by atoms with E-state index in [9.17, 15) is 0 Å². The molecule has 29 heavy (non-hydrogen) atoms. The fraction of sp³-hybridized carbons (Fsp3) is 0.360. The van der Waals surface area contributed by atoms with Gasteiger partial charge in [-0.25, -0.2) is 0 Å². The van der Waals surface area contributed by atoms with Gasteiger partial charge in [-0.1, -0.05) is 19.8 Å². The zero-order valence-electron chi connectivity index (χ0n) is 18.7. The summed E-state index contributed by atoms with van der Waals surface area (Å²) in [5.74, 6) is 2.47. The molecule has 1 aliphatic rings. The van der Waals surface area contributed by atoms with Gasteiger partial charge in [-0.3, -0.25) is 0 Å². The molecule has 1 aromatic carbocycles. The number of hydrogen-bond acceptors (Lipinski definition) is 2. The van der Waals surface area contributed by atoms with Crippen LogP contribution in [0.15, 0.2) is 47.0 Å². The van der Waals surface area contributed by atoms with Crippen LogP contribution >= 0.6 is 0 Å². The molecule has 2 N–H and O–H groups in total. The van der Waals surface area contributed by atoms with Crippen molar-refractivity contribution in [2.45, 2.75) is 54.4 Å². The largest absolute Gasteiger partial charge is 0.0625 e. The predicted molar refractivity (Wildman–Crippen MR) is 128 cm³/mol. The average Bonchev–Trinajstić information content (AvgIpc) is 3.34. The molecule has 1 heterocycles. The Kier molecular flexibility index (Phi) is 7.61. The molecule has 1 aromatic heterocycles. The van der Waals surface area contributed by atoms with Crippen LogP contribution in [0.1, 0.15) is 61.4 Å². The first kappa shape index (κ1) is 22.7. The molecule has 1 fully saturated rings. The van der Waals surface area contributed by atoms with Gasteiger partial charge in [-0.2, -0.15) is 0 Å². The van der Waals surface area contributed by atoms with E-state index < -0.39 is 0 Å². The Balaban J connectivity index is 0.000000666. The van der Waals surface area contributed by atoms with Crippen LogP contribution in [0, 0.1) is 26.7 Å². The van der Waals surface area contributed by atoms with Crippen LogP contribution in [-0.4, -0.2) is 12.7 Å². The molecule has 2 aromatic rings. The van der Waals surface area contributed by atoms with Crippen molar-refractivity contribution in [3.05, 3.63) is 65.4 Å². The fourth-order valence-corrected chi connectivity index (χ4v) is 2.98. The smallest absolute Gasteiger partial charge is 0.0443 e. The molecule has 0 bridgehead atoms. The number of aryl methyl sites for hydroxylation is 1. The molecular weight excluding hydrogens is 355 g/mol. The number of hydrogen-bond donors (Lipinski definition) is 1. The van der Waals surface area contributed by atoms with Crippen LogP contribution in [-0.2, 0) is 0 Å². The molecule has 1 aliphatic carbocycles. The van der Waals surface area contributed by atoms with Gasteiger partial charge in [-0.05, 0) is 5.92 Å². The van der Waals surface area contributed by atoms with E-state index in [0.29, 0.717) is 5.84 Å². The first-order chi connectivity index (χ1) is 13.6. The SMILES string of the molecule is C=C/C(=C\N=C(C)N)c1ccc(-c2oc(C)bc2C(=C)C)c(C)c1C.CC1CC1. The summed E-state index contributed by atoms with van der Waals surface area (Å²) in [6, 6.07) is 4.16. The van der Waals surface area contributed by atoms with Crippen molar-refractivity contribution < 1.29 is 4.42 Å². The van der Waals surface area contributed by atoms with Crippen molar-refractivity contribution in [3.8, 4) is 11.3 Å². The molecule has 0 atom stereocenters. The molecule has 0 saturated heterocycles. The van der Waals surface area contributed by atoms with Gasteiger partial charge in [0.1, 0.15) is 0 Å². The van der Waals surface area contributed by atoms with Crippen LogP contribution in [0.25, 0.3) is 22.5 Å². The van der Waals surface area contributed by atoms with Gasteiger partial charge in [0.25, 0.3) is 0 Å². The van der Waals surface area contributed by atoms with Crippen molar-refractivity contribution in [3.63, 3.8) is 0 Å². The van der Waals surface area contributed by atoms with E-state index in [-0.39, 0.29) is 0 Å². The molecule has 0 radical (unpaired) electrons. The van der Waals surface area contributed by atoms with Crippen LogP contribution < -0.4 is 5.73 Å². The van der Waals surface area contributed by atoms with E-state index in [4.69, 9.17) is 10.2 Å². The van der Waals surface area contributed by atoms with E-state index >= 15 is 0 Å². The first-order valence-corrected chi connectivity index (χ1v) is 10.1. The van der Waals surface area contributed by atoms with Crippen LogP contribution in [0.5, 0.6) is 0 Å². The summed E-state index contributed by atoms with van der Waals surface area (Å²) in [6.07, 6.45) is 6.52. The van der Waals surface area contributed by atoms with Gasteiger partial charge < -0.3 is 0 Å². The Morgan fingerprint density at radius 3 is 2.31 bits per heavy atom. The predicted octanol–water partition coefficient (Wildman–Crippen LogP) is 6.56. The number of benzene rings is 1. The minimum Gasteiger partial charge on any atom is -0.0625 e. The molecular formula is C25H33BN2O. The maximum absolute atomic E-state index is 5.97. The maximum Gasteiger partial charge on any atom is -0.0443 e. The Hall–Kier alpha value is -2.62. The molecule has 0 aliphatic heterocycles. The topological polar surface area (TPSA) is 51.5 Å². The Morgan fingerprint density at radius 2 is 1.83 bits per heavy atom. The second-order valence-corrected chi connectivity index (χ2v) is 8.03. The van der Waals surface area contributed by atoms with E-state index in [1.807, 2.05) is 20.8 Å². The second kappa shape index (κ2) is 9.73. The molecule has 152 valence electrons. The van der Waals surface area contributed by atoms with Gasteiger partial charge in [0.05, 0.1) is 0 Å². The van der Waals surface area contributed by atoms with E-state index in [1.54, 1.807) is 19.2 Å². The minimum atomic E-state index is 0.516. The molecule has 3 nitrogen and oxygen atoms in total. The number of allylic oxidation sites excluding steroid dienone is 3. The van der Waals surface area contributed by atoms with Crippen molar-refractivity contribution in [1.29, 1.82) is 0 Å². The van der Waals surface area contributed by atoms with Gasteiger partial charge >= 0.3 is 150 Å². The summed E-state index contributed by atoms with van der Waals surface area (Å²) in [7, 11) is 0. The third kappa shape index (κ3) is 5.93. The van der Waals surface area contributed by atoms with E-state index in [0.717, 1.165) is 56.2 Å². The van der Waals surface area contributed by atoms with Gasteiger partial charge in [0, 0.05) is 0 Å². The zero-order chi connectivity index (χ0) is 21.7. The standard InChI is InChI=1S/C21H25BN2O.C4H8/c1-8-17(11-24-16(7)23)18-9-10-19(14(5)13(18)4)21-20(12(2)3)22-15(6)25-21;1-4-2-3-4/h8-11H,1-2H2,3-7H3,(H2,23,24);4H,2-3H2,1H3/b17-11+;. The van der Waals surface area contributed by atoms with E-state index in [1.165, 1.54) is 12.8 Å². The summed E-state index contributed by atoms with van der Waals surface area (Å²) in [5.41, 5.74) is 14.0. The average molecular weight is 388 g/mol. The van der Waals surface area contributed by atoms with Crippen molar-refractivity contribution in [2.75, 3.05) is 0 Å². The monoisotopic (exact) mass is 388 g/mol. The normalized spacial score (nSPS) is 14.1. The third-order valence-corrected chi connectivity index (χ3v) is 5.15. The van der Waals surface area contributed by atoms with Crippen LogP contribution in [0.3, 0.4) is 0 Å². The summed E-state index contributed by atoms with van der Waals surface area (Å²) in [4.78, 5) is 4.20. The Bertz CT molecular complexity index is 971. The molecule has 4 heteroatoms. The fourth-order valence-electron chi connectivity index (χ4n) is 2.98. The van der Waals surface area contributed by atoms with Gasteiger partial charge in [0.15, 0.2) is 0 Å². The van der Waals surface area contributed by atoms with Crippen molar-refractivity contribution >= 4 is 23.9 Å². The molecule has 3 rings (SSSR count). The summed E-state index contributed by atoms with van der Waals surface area (Å²) >= 11 is 0. The summed E-state index contributed by atoms with van der Waals surface area (Å²) in [6.45, 7) is 22.2. The minimum absolute atomic E-state index is 0.516. The van der Waals surface area contributed by atoms with Crippen molar-refractivity contribution in [1.82, 2.24) is 0 Å². The maximum atomic E-state index is 5.97. The summed E-state index contributed by atoms with van der Waals surface area (Å²) < 4.78 is 5.97. The van der Waals surface area contributed by atoms with Gasteiger partial charge in [0.2, 0.25) is 0 Å². The van der Waals surface area contributed by atoms with Crippen LogP contribution in [0.2, 0.25) is 0 Å². The second-order valence-electron chi connectivity index (χ2n) is 8.03. The summed E-state index contributed by atoms with van der Waals surface area (Å²) in [5, 5.41) is 0. The number of nitrogens with two attached hydrogens (primary N) is 1. The number of rotatable bonds is 5. The number of nitrogens with zero attached hydrogens (tertiary/aromatic N) is 1. The van der Waals surface area contributed by atoms with E-state index in [2.05, 4.69) is 51.1 Å². The Morgan fingerprint density at radius 1 is 1.21 bits per heavy atom. The quantitative estimate of drug-likeness (QED) is 0.358. The molecule has 0 spiro atoms. The molecule has 0 unspecified atom stereocenters. The first-order valence-electron chi connectivity index (χ1n) is 10.1. The van der Waals surface area contributed by atoms with Crippen molar-refractivity contribution in [2.24, 2.45) is 16.6 Å².